The molecule has 0 fully saturated rings. The Labute approximate surface area is 194 Å². The second-order valence-electron chi connectivity index (χ2n) is 6.88. The SMILES string of the molecule is N#CC1=C(N)Oc2cc(O)ccc2[C@@H]1c1cc(Br)c(OCc2cccc(F)c2)c(Br)c1. The van der Waals surface area contributed by atoms with Crippen LogP contribution >= 0.6 is 31.9 Å². The molecule has 31 heavy (non-hydrogen) atoms. The lowest BCUT2D eigenvalue weighted by Crippen LogP contribution is -2.21. The number of phenols is 1. The van der Waals surface area contributed by atoms with Crippen molar-refractivity contribution in [2.75, 3.05) is 0 Å². The third-order valence-corrected chi connectivity index (χ3v) is 6.01. The molecule has 5 nitrogen and oxygen atoms in total. The van der Waals surface area contributed by atoms with Crippen molar-refractivity contribution < 1.29 is 19.0 Å². The highest BCUT2D eigenvalue weighted by atomic mass is 79.9. The fraction of sp³-hybridized carbons (Fsp3) is 0.0870. The summed E-state index contributed by atoms with van der Waals surface area (Å²) in [5, 5.41) is 19.5. The summed E-state index contributed by atoms with van der Waals surface area (Å²) in [6.07, 6.45) is 0. The molecule has 0 spiro atoms. The Morgan fingerprint density at radius 2 is 1.87 bits per heavy atom. The number of halogens is 3. The number of hydrogen-bond acceptors (Lipinski definition) is 5. The lowest BCUT2D eigenvalue weighted by atomic mass is 9.83. The Morgan fingerprint density at radius 3 is 2.55 bits per heavy atom. The Morgan fingerprint density at radius 1 is 1.13 bits per heavy atom. The van der Waals surface area contributed by atoms with Crippen LogP contribution < -0.4 is 15.2 Å². The average molecular weight is 546 g/mol. The highest BCUT2D eigenvalue weighted by molar-refractivity contribution is 9.11. The van der Waals surface area contributed by atoms with Gasteiger partial charge in [-0.05, 0) is 73.3 Å². The van der Waals surface area contributed by atoms with Crippen molar-refractivity contribution in [2.45, 2.75) is 12.5 Å². The van der Waals surface area contributed by atoms with Crippen LogP contribution in [0.2, 0.25) is 0 Å². The van der Waals surface area contributed by atoms with E-state index < -0.39 is 5.92 Å². The molecule has 156 valence electrons. The quantitative estimate of drug-likeness (QED) is 0.429. The predicted molar refractivity (Wildman–Crippen MR) is 120 cm³/mol. The molecule has 0 amide bonds. The van der Waals surface area contributed by atoms with E-state index in [4.69, 9.17) is 15.2 Å². The third-order valence-electron chi connectivity index (χ3n) is 4.83. The largest absolute Gasteiger partial charge is 0.508 e. The van der Waals surface area contributed by atoms with Crippen molar-refractivity contribution >= 4 is 31.9 Å². The lowest BCUT2D eigenvalue weighted by Gasteiger charge is -2.27. The van der Waals surface area contributed by atoms with Crippen molar-refractivity contribution in [1.29, 1.82) is 5.26 Å². The Hall–Kier alpha value is -3.02. The van der Waals surface area contributed by atoms with E-state index in [-0.39, 0.29) is 29.6 Å². The van der Waals surface area contributed by atoms with E-state index in [1.807, 2.05) is 12.1 Å². The van der Waals surface area contributed by atoms with Crippen LogP contribution in [0, 0.1) is 17.1 Å². The zero-order chi connectivity index (χ0) is 22.1. The number of hydrogen-bond donors (Lipinski definition) is 2. The lowest BCUT2D eigenvalue weighted by molar-refractivity contribution is 0.301. The van der Waals surface area contributed by atoms with Gasteiger partial charge in [-0.3, -0.25) is 0 Å². The highest BCUT2D eigenvalue weighted by Gasteiger charge is 2.31. The van der Waals surface area contributed by atoms with Crippen molar-refractivity contribution in [1.82, 2.24) is 0 Å². The van der Waals surface area contributed by atoms with Gasteiger partial charge in [-0.1, -0.05) is 18.2 Å². The molecule has 1 heterocycles. The maximum atomic E-state index is 13.4. The zero-order valence-corrected chi connectivity index (χ0v) is 19.1. The van der Waals surface area contributed by atoms with Gasteiger partial charge >= 0.3 is 0 Å². The number of nitrogens with two attached hydrogens (primary N) is 1. The van der Waals surface area contributed by atoms with Crippen molar-refractivity contribution in [3.05, 3.63) is 97.5 Å². The van der Waals surface area contributed by atoms with Gasteiger partial charge in [-0.25, -0.2) is 4.39 Å². The first kappa shape index (κ1) is 21.2. The van der Waals surface area contributed by atoms with Gasteiger partial charge in [0.1, 0.15) is 41.3 Å². The summed E-state index contributed by atoms with van der Waals surface area (Å²) in [4.78, 5) is 0. The van der Waals surface area contributed by atoms with Gasteiger partial charge in [0.05, 0.1) is 14.9 Å². The molecule has 1 aliphatic rings. The monoisotopic (exact) mass is 544 g/mol. The van der Waals surface area contributed by atoms with Crippen LogP contribution in [0.1, 0.15) is 22.6 Å². The predicted octanol–water partition coefficient (Wildman–Crippen LogP) is 5.85. The minimum atomic E-state index is -0.487. The van der Waals surface area contributed by atoms with E-state index >= 15 is 0 Å². The number of benzene rings is 3. The molecule has 3 N–H and O–H groups in total. The van der Waals surface area contributed by atoms with Crippen molar-refractivity contribution in [3.63, 3.8) is 0 Å². The van der Waals surface area contributed by atoms with E-state index in [0.29, 0.717) is 31.6 Å². The third kappa shape index (κ3) is 4.24. The number of nitriles is 1. The van der Waals surface area contributed by atoms with Gasteiger partial charge in [0.15, 0.2) is 0 Å². The van der Waals surface area contributed by atoms with E-state index in [1.54, 1.807) is 18.2 Å². The topological polar surface area (TPSA) is 88.5 Å². The maximum absolute atomic E-state index is 13.4. The number of aromatic hydroxyl groups is 1. The van der Waals surface area contributed by atoms with Crippen LogP contribution in [-0.4, -0.2) is 5.11 Å². The fourth-order valence-electron chi connectivity index (χ4n) is 3.45. The Balaban J connectivity index is 1.71. The summed E-state index contributed by atoms with van der Waals surface area (Å²) < 4.78 is 26.2. The van der Waals surface area contributed by atoms with E-state index in [9.17, 15) is 14.8 Å². The minimum Gasteiger partial charge on any atom is -0.508 e. The van der Waals surface area contributed by atoms with E-state index in [0.717, 1.165) is 5.56 Å². The summed E-state index contributed by atoms with van der Waals surface area (Å²) in [7, 11) is 0. The summed E-state index contributed by atoms with van der Waals surface area (Å²) in [5.74, 6) is 0.145. The molecule has 3 aromatic rings. The van der Waals surface area contributed by atoms with Crippen LogP contribution in [-0.2, 0) is 6.61 Å². The van der Waals surface area contributed by atoms with Crippen molar-refractivity contribution in [3.8, 4) is 23.3 Å². The molecular formula is C23H15Br2FN2O3. The highest BCUT2D eigenvalue weighted by Crippen LogP contribution is 2.46. The molecule has 0 saturated carbocycles. The van der Waals surface area contributed by atoms with E-state index in [1.165, 1.54) is 24.3 Å². The second kappa shape index (κ2) is 8.61. The molecule has 3 aromatic carbocycles. The number of ether oxygens (including phenoxy) is 2. The smallest absolute Gasteiger partial charge is 0.205 e. The van der Waals surface area contributed by atoms with Crippen LogP contribution in [0.3, 0.4) is 0 Å². The first-order valence-electron chi connectivity index (χ1n) is 9.14. The second-order valence-corrected chi connectivity index (χ2v) is 8.59. The number of fused-ring (bicyclic) bond motifs is 1. The Kier molecular flexibility index (Phi) is 5.90. The first-order chi connectivity index (χ1) is 14.9. The molecule has 1 aliphatic heterocycles. The normalized spacial score (nSPS) is 15.1. The average Bonchev–Trinajstić information content (AvgIpc) is 2.72. The molecule has 0 aliphatic carbocycles. The summed E-state index contributed by atoms with van der Waals surface area (Å²) in [6, 6.07) is 16.7. The van der Waals surface area contributed by atoms with Gasteiger partial charge in [-0.15, -0.1) is 0 Å². The molecule has 4 rings (SSSR count). The molecule has 1 atom stereocenters. The molecule has 0 bridgehead atoms. The van der Waals surface area contributed by atoms with Gasteiger partial charge in [0, 0.05) is 11.6 Å². The van der Waals surface area contributed by atoms with Gasteiger partial charge in [0.2, 0.25) is 5.88 Å². The molecule has 0 saturated heterocycles. The molecular weight excluding hydrogens is 531 g/mol. The standard InChI is InChI=1S/C23H15Br2FN2O3/c24-18-7-13(8-19(25)22(18)30-11-12-2-1-3-14(26)6-12)21-16-5-4-15(29)9-20(16)31-23(28)17(21)10-27/h1-9,21,29H,11,28H2/t21-/m0/s1. The molecule has 0 radical (unpaired) electrons. The van der Waals surface area contributed by atoms with Gasteiger partial charge in [0.25, 0.3) is 0 Å². The van der Waals surface area contributed by atoms with Gasteiger partial charge in [-0.2, -0.15) is 5.26 Å². The minimum absolute atomic E-state index is 0.00993. The van der Waals surface area contributed by atoms with Crippen LogP contribution in [0.15, 0.2) is 75.0 Å². The van der Waals surface area contributed by atoms with Crippen molar-refractivity contribution in [2.24, 2.45) is 5.73 Å². The Bertz CT molecular complexity index is 1230. The number of allylic oxidation sites excluding steroid dienone is 1. The maximum Gasteiger partial charge on any atom is 0.205 e. The molecule has 0 aromatic heterocycles. The summed E-state index contributed by atoms with van der Waals surface area (Å²) in [5.41, 5.74) is 8.43. The number of rotatable bonds is 4. The molecule has 0 unspecified atom stereocenters. The van der Waals surface area contributed by atoms with E-state index in [2.05, 4.69) is 37.9 Å². The van der Waals surface area contributed by atoms with Crippen LogP contribution in [0.4, 0.5) is 4.39 Å². The summed E-state index contributed by atoms with van der Waals surface area (Å²) in [6.45, 7) is 0.185. The molecule has 8 heteroatoms. The first-order valence-corrected chi connectivity index (χ1v) is 10.7. The number of nitrogens with zero attached hydrogens (tertiary/aromatic N) is 1. The fourth-order valence-corrected chi connectivity index (χ4v) is 4.90. The van der Waals surface area contributed by atoms with Gasteiger partial charge < -0.3 is 20.3 Å². The summed E-state index contributed by atoms with van der Waals surface area (Å²) >= 11 is 7.06. The van der Waals surface area contributed by atoms with Crippen LogP contribution in [0.5, 0.6) is 17.2 Å². The van der Waals surface area contributed by atoms with Crippen LogP contribution in [0.25, 0.3) is 0 Å². The number of phenolic OH excluding ortho intramolecular Hbond substituents is 1. The zero-order valence-electron chi connectivity index (χ0n) is 15.9.